The van der Waals surface area contributed by atoms with Crippen LogP contribution in [0.5, 0.6) is 0 Å². The normalized spacial score (nSPS) is 10.8. The van der Waals surface area contributed by atoms with Crippen LogP contribution in [0.2, 0.25) is 0 Å². The highest BCUT2D eigenvalue weighted by molar-refractivity contribution is 7.98. The number of fused-ring (bicyclic) bond motifs is 1. The Balaban J connectivity index is 1.75. The van der Waals surface area contributed by atoms with Gasteiger partial charge in [-0.05, 0) is 43.0 Å². The number of hydrogen-bond donors (Lipinski definition) is 1. The molecule has 5 nitrogen and oxygen atoms in total. The van der Waals surface area contributed by atoms with E-state index in [-0.39, 0.29) is 10.8 Å². The van der Waals surface area contributed by atoms with E-state index in [1.807, 2.05) is 6.26 Å². The summed E-state index contributed by atoms with van der Waals surface area (Å²) >= 11 is 2.57. The molecule has 0 fully saturated rings. The lowest BCUT2D eigenvalue weighted by Crippen LogP contribution is -2.15. The van der Waals surface area contributed by atoms with Crippen molar-refractivity contribution in [2.24, 2.45) is 0 Å². The third kappa shape index (κ3) is 4.49. The van der Waals surface area contributed by atoms with E-state index in [1.54, 1.807) is 37.3 Å². The van der Waals surface area contributed by atoms with Crippen molar-refractivity contribution in [1.82, 2.24) is 0 Å². The van der Waals surface area contributed by atoms with Gasteiger partial charge in [-0.2, -0.15) is 0 Å². The van der Waals surface area contributed by atoms with Crippen LogP contribution < -0.4 is 5.32 Å². The second-order valence-corrected chi connectivity index (χ2v) is 8.16. The van der Waals surface area contributed by atoms with E-state index < -0.39 is 24.2 Å². The van der Waals surface area contributed by atoms with E-state index in [4.69, 9.17) is 4.74 Å². The molecular weight excluding hydrogens is 413 g/mol. The van der Waals surface area contributed by atoms with Gasteiger partial charge in [-0.25, -0.2) is 9.18 Å². The first-order chi connectivity index (χ1) is 13.8. The Labute approximate surface area is 175 Å². The Morgan fingerprint density at radius 3 is 2.62 bits per heavy atom. The predicted molar refractivity (Wildman–Crippen MR) is 114 cm³/mol. The second-order valence-electron chi connectivity index (χ2n) is 6.26. The first-order valence-corrected chi connectivity index (χ1v) is 10.7. The molecule has 0 radical (unpaired) electrons. The Kier molecular flexibility index (Phi) is 6.34. The molecule has 0 aliphatic carbocycles. The maximum Gasteiger partial charge on any atom is 0.349 e. The number of Topliss-reactive ketones (excluding diaryl/α,β-unsaturated/α-hetero) is 1. The molecule has 0 aliphatic heterocycles. The third-order valence-electron chi connectivity index (χ3n) is 4.25. The van der Waals surface area contributed by atoms with E-state index >= 15 is 0 Å². The zero-order valence-corrected chi connectivity index (χ0v) is 17.6. The van der Waals surface area contributed by atoms with Crippen LogP contribution in [0.4, 0.5) is 10.1 Å². The summed E-state index contributed by atoms with van der Waals surface area (Å²) in [5.41, 5.74) is 1.34. The molecule has 150 valence electrons. The van der Waals surface area contributed by atoms with Crippen LogP contribution in [0.15, 0.2) is 41.3 Å². The number of thioether (sulfide) groups is 1. The number of benzene rings is 2. The van der Waals surface area contributed by atoms with Gasteiger partial charge >= 0.3 is 5.97 Å². The summed E-state index contributed by atoms with van der Waals surface area (Å²) in [5.74, 6) is -1.71. The zero-order valence-electron chi connectivity index (χ0n) is 16.0. The van der Waals surface area contributed by atoms with Crippen molar-refractivity contribution >= 4 is 56.5 Å². The van der Waals surface area contributed by atoms with Crippen LogP contribution >= 0.6 is 23.1 Å². The SMILES string of the molecule is CSc1ccc(C(=O)COC(=O)c2sc3cccc(F)c3c2C)cc1NC(C)=O. The molecular formula is C21H18FNO4S2. The zero-order chi connectivity index (χ0) is 21.1. The number of anilines is 1. The molecule has 0 saturated carbocycles. The summed E-state index contributed by atoms with van der Waals surface area (Å²) in [6.45, 7) is 2.59. The lowest BCUT2D eigenvalue weighted by Gasteiger charge is -2.10. The molecule has 0 spiro atoms. The fourth-order valence-corrected chi connectivity index (χ4v) is 4.55. The van der Waals surface area contributed by atoms with Gasteiger partial charge in [-0.3, -0.25) is 9.59 Å². The minimum absolute atomic E-state index is 0.246. The van der Waals surface area contributed by atoms with Crippen molar-refractivity contribution in [3.05, 3.63) is 58.2 Å². The summed E-state index contributed by atoms with van der Waals surface area (Å²) in [5, 5.41) is 3.08. The maximum atomic E-state index is 14.0. The van der Waals surface area contributed by atoms with Crippen LogP contribution in [-0.2, 0) is 9.53 Å². The molecule has 29 heavy (non-hydrogen) atoms. The first kappa shape index (κ1) is 21.0. The summed E-state index contributed by atoms with van der Waals surface area (Å²) in [4.78, 5) is 37.4. The van der Waals surface area contributed by atoms with Gasteiger partial charge in [0.2, 0.25) is 5.91 Å². The van der Waals surface area contributed by atoms with Gasteiger partial charge in [-0.1, -0.05) is 12.1 Å². The minimum Gasteiger partial charge on any atom is -0.453 e. The Bertz CT molecular complexity index is 1120. The largest absolute Gasteiger partial charge is 0.453 e. The number of halogens is 1. The number of amides is 1. The van der Waals surface area contributed by atoms with Gasteiger partial charge in [0.1, 0.15) is 10.7 Å². The number of rotatable bonds is 6. The number of thiophene rings is 1. The summed E-state index contributed by atoms with van der Waals surface area (Å²) in [7, 11) is 0. The highest BCUT2D eigenvalue weighted by Crippen LogP contribution is 2.33. The lowest BCUT2D eigenvalue weighted by atomic mass is 10.1. The topological polar surface area (TPSA) is 72.5 Å². The highest BCUT2D eigenvalue weighted by atomic mass is 32.2. The molecule has 1 N–H and O–H groups in total. The number of hydrogen-bond acceptors (Lipinski definition) is 6. The monoisotopic (exact) mass is 431 g/mol. The molecule has 1 aromatic heterocycles. The van der Waals surface area contributed by atoms with Crippen LogP contribution in [0.25, 0.3) is 10.1 Å². The van der Waals surface area contributed by atoms with Gasteiger partial charge in [0.25, 0.3) is 0 Å². The molecule has 2 aromatic carbocycles. The van der Waals surface area contributed by atoms with Crippen LogP contribution in [0.1, 0.15) is 32.5 Å². The van der Waals surface area contributed by atoms with Gasteiger partial charge in [0.15, 0.2) is 12.4 Å². The van der Waals surface area contributed by atoms with Crippen LogP contribution in [0, 0.1) is 12.7 Å². The molecule has 0 unspecified atom stereocenters. The molecule has 0 aliphatic rings. The molecule has 3 aromatic rings. The van der Waals surface area contributed by atoms with Gasteiger partial charge in [-0.15, -0.1) is 23.1 Å². The Hall–Kier alpha value is -2.71. The molecule has 0 bridgehead atoms. The van der Waals surface area contributed by atoms with E-state index in [0.29, 0.717) is 26.9 Å². The fraction of sp³-hybridized carbons (Fsp3) is 0.190. The number of ether oxygens (including phenoxy) is 1. The minimum atomic E-state index is -0.667. The standard InChI is InChI=1S/C21H18FNO4S2/c1-11-19-14(22)5-4-6-18(19)29-20(11)21(26)27-10-16(25)13-7-8-17(28-3)15(9-13)23-12(2)24/h4-9H,10H2,1-3H3,(H,23,24). The van der Waals surface area contributed by atoms with Crippen molar-refractivity contribution in [3.63, 3.8) is 0 Å². The smallest absolute Gasteiger partial charge is 0.349 e. The molecule has 8 heteroatoms. The highest BCUT2D eigenvalue weighted by Gasteiger charge is 2.20. The van der Waals surface area contributed by atoms with Crippen molar-refractivity contribution in [3.8, 4) is 0 Å². The molecule has 3 rings (SSSR count). The summed E-state index contributed by atoms with van der Waals surface area (Å²) in [6.07, 6.45) is 1.86. The van der Waals surface area contributed by atoms with Crippen molar-refractivity contribution in [2.45, 2.75) is 18.7 Å². The van der Waals surface area contributed by atoms with Crippen LogP contribution in [0.3, 0.4) is 0 Å². The summed E-state index contributed by atoms with van der Waals surface area (Å²) in [6, 6.07) is 9.55. The lowest BCUT2D eigenvalue weighted by molar-refractivity contribution is -0.114. The van der Waals surface area contributed by atoms with Gasteiger partial charge < -0.3 is 10.1 Å². The quantitative estimate of drug-likeness (QED) is 0.335. The summed E-state index contributed by atoms with van der Waals surface area (Å²) < 4.78 is 19.8. The van der Waals surface area contributed by atoms with E-state index in [2.05, 4.69) is 5.32 Å². The van der Waals surface area contributed by atoms with E-state index in [0.717, 1.165) is 16.2 Å². The first-order valence-electron chi connectivity index (χ1n) is 8.65. The van der Waals surface area contributed by atoms with E-state index in [9.17, 15) is 18.8 Å². The average Bonchev–Trinajstić information content (AvgIpc) is 3.03. The second kappa shape index (κ2) is 8.75. The fourth-order valence-electron chi connectivity index (χ4n) is 2.90. The number of carbonyl (C=O) groups is 3. The van der Waals surface area contributed by atoms with Crippen molar-refractivity contribution < 1.29 is 23.5 Å². The molecule has 0 atom stereocenters. The number of carbonyl (C=O) groups excluding carboxylic acids is 3. The Morgan fingerprint density at radius 1 is 1.21 bits per heavy atom. The van der Waals surface area contributed by atoms with Gasteiger partial charge in [0, 0.05) is 27.5 Å². The Morgan fingerprint density at radius 2 is 1.97 bits per heavy atom. The molecule has 0 saturated heterocycles. The van der Waals surface area contributed by atoms with Gasteiger partial charge in [0.05, 0.1) is 5.69 Å². The number of aryl methyl sites for hydroxylation is 1. The predicted octanol–water partition coefficient (Wildman–Crippen LogP) is 5.07. The van der Waals surface area contributed by atoms with Crippen molar-refractivity contribution in [1.29, 1.82) is 0 Å². The number of ketones is 1. The van der Waals surface area contributed by atoms with Crippen molar-refractivity contribution in [2.75, 3.05) is 18.2 Å². The van der Waals surface area contributed by atoms with E-state index in [1.165, 1.54) is 24.8 Å². The number of esters is 1. The average molecular weight is 432 g/mol. The third-order valence-corrected chi connectivity index (χ3v) is 6.29. The number of nitrogens with one attached hydrogen (secondary N) is 1. The van der Waals surface area contributed by atoms with Crippen LogP contribution in [-0.4, -0.2) is 30.5 Å². The molecule has 1 amide bonds. The molecule has 1 heterocycles. The maximum absolute atomic E-state index is 14.0.